The zero-order valence-corrected chi connectivity index (χ0v) is 29.3. The summed E-state index contributed by atoms with van der Waals surface area (Å²) >= 11 is 0. The second-order valence-electron chi connectivity index (χ2n) is 15.2. The summed E-state index contributed by atoms with van der Waals surface area (Å²) in [7, 11) is -2.38. The first-order chi connectivity index (χ1) is 21.4. The zero-order chi connectivity index (χ0) is 33.9. The molecule has 1 N–H and O–H groups in total. The summed E-state index contributed by atoms with van der Waals surface area (Å²) in [5.41, 5.74) is -4.09. The van der Waals surface area contributed by atoms with Crippen LogP contribution >= 0.6 is 0 Å². The molecule has 9 atom stereocenters. The lowest BCUT2D eigenvalue weighted by Crippen LogP contribution is -2.71. The number of benzene rings is 1. The standard InChI is InChI=1S/C36H48FNO7Si/c1-22-18-29-28-15-14-26-19-27(40)16-17-33(26,4)35(28,37)31(45-46(6,7)8)20-34(29,5)36(22,30(41)21-43-24(3)39)44-32(42)38-23(2)25-12-10-9-11-13-25/h9-13,16-17,19,22-23,28-29,31H,14-15,18,20-21H2,1-8H3,(H,38,42)/t22-,23+,28-,29-,31+,33-,34-,35-,36-/m0/s1. The van der Waals surface area contributed by atoms with Crippen LogP contribution in [0.5, 0.6) is 0 Å². The minimum Gasteiger partial charge on any atom is -0.458 e. The van der Waals surface area contributed by atoms with Crippen LogP contribution in [-0.4, -0.2) is 55.9 Å². The van der Waals surface area contributed by atoms with Crippen LogP contribution in [0.2, 0.25) is 19.6 Å². The van der Waals surface area contributed by atoms with E-state index in [0.717, 1.165) is 11.1 Å². The van der Waals surface area contributed by atoms with Crippen LogP contribution < -0.4 is 5.32 Å². The Morgan fingerprint density at radius 3 is 2.41 bits per heavy atom. The first kappa shape index (κ1) is 34.2. The number of carbonyl (C=O) groups excluding carboxylic acids is 4. The molecule has 0 aliphatic heterocycles. The maximum atomic E-state index is 18.5. The summed E-state index contributed by atoms with van der Waals surface area (Å²) in [5, 5.41) is 2.89. The SMILES string of the molecule is CC(=O)OCC(=O)[C@@]1(OC(=O)N[C@H](C)c2ccccc2)[C@@H](C)C[C@H]2[C@@H]3CCC4=CC(=O)C=C[C@]4(C)[C@@]3(F)[C@H](O[Si](C)(C)C)C[C@@]21C. The minimum absolute atomic E-state index is 0.108. The molecule has 0 radical (unpaired) electrons. The van der Waals surface area contributed by atoms with E-state index >= 15 is 4.39 Å². The minimum atomic E-state index is -2.38. The van der Waals surface area contributed by atoms with Crippen LogP contribution in [0.3, 0.4) is 0 Å². The van der Waals surface area contributed by atoms with Crippen molar-refractivity contribution < 1.29 is 37.5 Å². The van der Waals surface area contributed by atoms with Gasteiger partial charge in [-0.3, -0.25) is 14.4 Å². The van der Waals surface area contributed by atoms with Gasteiger partial charge in [0.15, 0.2) is 32.0 Å². The van der Waals surface area contributed by atoms with E-state index in [9.17, 15) is 19.2 Å². The van der Waals surface area contributed by atoms with Gasteiger partial charge in [-0.1, -0.05) is 55.8 Å². The molecule has 3 saturated carbocycles. The predicted octanol–water partition coefficient (Wildman–Crippen LogP) is 6.82. The Kier molecular flexibility index (Phi) is 8.81. The highest BCUT2D eigenvalue weighted by Crippen LogP contribution is 2.72. The number of Topliss-reactive ketones (excluding diaryl/α,β-unsaturated/α-hetero) is 1. The third kappa shape index (κ3) is 5.39. The fourth-order valence-corrected chi connectivity index (χ4v) is 10.5. The van der Waals surface area contributed by atoms with Crippen LogP contribution in [-0.2, 0) is 28.3 Å². The van der Waals surface area contributed by atoms with E-state index in [0.29, 0.717) is 19.3 Å². The van der Waals surface area contributed by atoms with Crippen molar-refractivity contribution >= 4 is 31.9 Å². The number of halogens is 1. The van der Waals surface area contributed by atoms with Gasteiger partial charge in [-0.15, -0.1) is 0 Å². The first-order valence-corrected chi connectivity index (χ1v) is 19.8. The summed E-state index contributed by atoms with van der Waals surface area (Å²) in [6.07, 6.45) is 4.56. The lowest BCUT2D eigenvalue weighted by atomic mass is 9.44. The zero-order valence-electron chi connectivity index (χ0n) is 28.3. The van der Waals surface area contributed by atoms with Crippen LogP contribution in [0.25, 0.3) is 0 Å². The quantitative estimate of drug-likeness (QED) is 0.242. The van der Waals surface area contributed by atoms with Crippen molar-refractivity contribution in [1.82, 2.24) is 5.32 Å². The van der Waals surface area contributed by atoms with Crippen molar-refractivity contribution in [3.63, 3.8) is 0 Å². The van der Waals surface area contributed by atoms with Gasteiger partial charge < -0.3 is 19.2 Å². The lowest BCUT2D eigenvalue weighted by molar-refractivity contribution is -0.215. The van der Waals surface area contributed by atoms with E-state index in [1.165, 1.54) is 13.0 Å². The Morgan fingerprint density at radius 2 is 1.78 bits per heavy atom. The summed E-state index contributed by atoms with van der Waals surface area (Å²) in [6.45, 7) is 14.2. The Hall–Kier alpha value is -3.11. The van der Waals surface area contributed by atoms with Gasteiger partial charge in [-0.25, -0.2) is 9.18 Å². The lowest BCUT2D eigenvalue weighted by Gasteiger charge is -2.64. The molecule has 0 saturated heterocycles. The molecular formula is C36H48FNO7Si. The number of alkyl halides is 1. The fourth-order valence-electron chi connectivity index (χ4n) is 9.37. The molecule has 0 spiro atoms. The highest BCUT2D eigenvalue weighted by atomic mass is 28.4. The van der Waals surface area contributed by atoms with Gasteiger partial charge in [-0.2, -0.15) is 0 Å². The summed E-state index contributed by atoms with van der Waals surface area (Å²) in [4.78, 5) is 52.5. The molecule has 4 aliphatic carbocycles. The third-order valence-electron chi connectivity index (χ3n) is 11.4. The average Bonchev–Trinajstić information content (AvgIpc) is 3.18. The summed E-state index contributed by atoms with van der Waals surface area (Å²) in [5.74, 6) is -2.71. The molecule has 46 heavy (non-hydrogen) atoms. The van der Waals surface area contributed by atoms with Gasteiger partial charge in [-0.05, 0) is 82.8 Å². The van der Waals surface area contributed by atoms with Crippen molar-refractivity contribution in [3.8, 4) is 0 Å². The van der Waals surface area contributed by atoms with Crippen molar-refractivity contribution in [3.05, 3.63) is 59.7 Å². The number of alkyl carbamates (subject to hydrolysis) is 1. The second-order valence-corrected chi connectivity index (χ2v) is 19.7. The van der Waals surface area contributed by atoms with E-state index in [1.807, 2.05) is 77.7 Å². The number of amides is 1. The number of ether oxygens (including phenoxy) is 2. The second kappa shape index (κ2) is 11.8. The van der Waals surface area contributed by atoms with Crippen LogP contribution in [0.4, 0.5) is 9.18 Å². The largest absolute Gasteiger partial charge is 0.458 e. The molecule has 4 aliphatic rings. The molecule has 3 fully saturated rings. The molecule has 250 valence electrons. The van der Waals surface area contributed by atoms with Crippen molar-refractivity contribution in [2.24, 2.45) is 28.6 Å². The van der Waals surface area contributed by atoms with Crippen LogP contribution in [0.15, 0.2) is 54.1 Å². The van der Waals surface area contributed by atoms with E-state index in [-0.39, 0.29) is 18.1 Å². The van der Waals surface area contributed by atoms with E-state index in [1.54, 1.807) is 12.2 Å². The Morgan fingerprint density at radius 1 is 1.11 bits per heavy atom. The average molecular weight is 654 g/mol. The molecule has 0 heterocycles. The Bertz CT molecular complexity index is 1470. The van der Waals surface area contributed by atoms with Gasteiger partial charge in [0, 0.05) is 29.6 Å². The van der Waals surface area contributed by atoms with E-state index in [2.05, 4.69) is 5.32 Å². The molecule has 0 bridgehead atoms. The molecule has 5 rings (SSSR count). The van der Waals surface area contributed by atoms with Crippen molar-refractivity contribution in [2.75, 3.05) is 6.61 Å². The number of nitrogens with one attached hydrogen (secondary N) is 1. The van der Waals surface area contributed by atoms with Crippen LogP contribution in [0, 0.1) is 28.6 Å². The third-order valence-corrected chi connectivity index (χ3v) is 12.4. The number of fused-ring (bicyclic) bond motifs is 5. The number of ketones is 2. The number of hydrogen-bond acceptors (Lipinski definition) is 7. The van der Waals surface area contributed by atoms with Gasteiger partial charge in [0.2, 0.25) is 5.78 Å². The van der Waals surface area contributed by atoms with Crippen molar-refractivity contribution in [2.45, 2.75) is 103 Å². The molecular weight excluding hydrogens is 605 g/mol. The normalized spacial score (nSPS) is 37.2. The monoisotopic (exact) mass is 653 g/mol. The Labute approximate surface area is 272 Å². The summed E-state index contributed by atoms with van der Waals surface area (Å²) in [6, 6.07) is 9.01. The van der Waals surface area contributed by atoms with Crippen LogP contribution in [0.1, 0.15) is 71.9 Å². The maximum Gasteiger partial charge on any atom is 0.408 e. The maximum absolute atomic E-state index is 18.5. The number of allylic oxidation sites excluding steroid dienone is 4. The molecule has 1 aromatic carbocycles. The highest BCUT2D eigenvalue weighted by Gasteiger charge is 2.77. The molecule has 0 aromatic heterocycles. The van der Waals surface area contributed by atoms with Crippen molar-refractivity contribution in [1.29, 1.82) is 0 Å². The van der Waals surface area contributed by atoms with Gasteiger partial charge in [0.25, 0.3) is 0 Å². The van der Waals surface area contributed by atoms with Gasteiger partial charge >= 0.3 is 12.1 Å². The highest BCUT2D eigenvalue weighted by molar-refractivity contribution is 6.69. The molecule has 8 nitrogen and oxygen atoms in total. The number of esters is 1. The van der Waals surface area contributed by atoms with E-state index in [4.69, 9.17) is 13.9 Å². The Balaban J connectivity index is 1.61. The van der Waals surface area contributed by atoms with Gasteiger partial charge in [0.05, 0.1) is 12.1 Å². The fraction of sp³-hybridized carbons (Fsp3) is 0.611. The number of hydrogen-bond donors (Lipinski definition) is 1. The molecule has 10 heteroatoms. The topological polar surface area (TPSA) is 108 Å². The molecule has 0 unspecified atom stereocenters. The summed E-state index contributed by atoms with van der Waals surface area (Å²) < 4.78 is 36.9. The smallest absolute Gasteiger partial charge is 0.408 e. The molecule has 1 amide bonds. The van der Waals surface area contributed by atoms with Gasteiger partial charge in [0.1, 0.15) is 0 Å². The van der Waals surface area contributed by atoms with E-state index < -0.39 is 78.9 Å². The predicted molar refractivity (Wildman–Crippen MR) is 174 cm³/mol. The first-order valence-electron chi connectivity index (χ1n) is 16.4. The number of rotatable bonds is 8. The molecule has 1 aromatic rings. The number of carbonyl (C=O) groups is 4.